The molecule has 1 aliphatic rings. The van der Waals surface area contributed by atoms with Crippen LogP contribution < -0.4 is 0 Å². The summed E-state index contributed by atoms with van der Waals surface area (Å²) in [6, 6.07) is -0.780. The first-order chi connectivity index (χ1) is 9.24. The Balaban J connectivity index is 2.63. The van der Waals surface area contributed by atoms with E-state index in [9.17, 15) is 14.7 Å². The van der Waals surface area contributed by atoms with Gasteiger partial charge in [-0.1, -0.05) is 0 Å². The maximum atomic E-state index is 12.1. The third-order valence-electron chi connectivity index (χ3n) is 3.26. The van der Waals surface area contributed by atoms with Crippen LogP contribution in [-0.2, 0) is 14.3 Å². The lowest BCUT2D eigenvalue weighted by Gasteiger charge is -2.26. The van der Waals surface area contributed by atoms with Crippen LogP contribution in [-0.4, -0.2) is 54.0 Å². The maximum absolute atomic E-state index is 12.1. The minimum Gasteiger partial charge on any atom is -0.480 e. The van der Waals surface area contributed by atoms with Gasteiger partial charge in [-0.2, -0.15) is 0 Å². The van der Waals surface area contributed by atoms with Crippen molar-refractivity contribution in [2.45, 2.75) is 51.7 Å². The van der Waals surface area contributed by atoms with Gasteiger partial charge in [-0.3, -0.25) is 4.90 Å². The molecule has 0 aromatic carbocycles. The number of carbonyl (C=O) groups is 2. The summed E-state index contributed by atoms with van der Waals surface area (Å²) in [6.45, 7) is 6.41. The van der Waals surface area contributed by atoms with Crippen molar-refractivity contribution < 1.29 is 24.2 Å². The van der Waals surface area contributed by atoms with Gasteiger partial charge in [0, 0.05) is 20.3 Å². The van der Waals surface area contributed by atoms with Gasteiger partial charge in [0.15, 0.2) is 0 Å². The van der Waals surface area contributed by atoms with E-state index in [1.807, 2.05) is 0 Å². The predicted octanol–water partition coefficient (Wildman–Crippen LogP) is 2.12. The van der Waals surface area contributed by atoms with Crippen LogP contribution in [0.15, 0.2) is 0 Å². The van der Waals surface area contributed by atoms with Crippen LogP contribution in [0, 0.1) is 5.92 Å². The van der Waals surface area contributed by atoms with E-state index in [1.165, 1.54) is 4.90 Å². The Morgan fingerprint density at radius 2 is 2.00 bits per heavy atom. The molecule has 0 radical (unpaired) electrons. The van der Waals surface area contributed by atoms with Gasteiger partial charge < -0.3 is 14.6 Å². The van der Waals surface area contributed by atoms with Crippen LogP contribution >= 0.6 is 0 Å². The second-order valence-corrected chi connectivity index (χ2v) is 6.22. The highest BCUT2D eigenvalue weighted by molar-refractivity contribution is 5.80. The number of carboxylic acid groups (broad SMARTS) is 1. The molecular weight excluding hydrogens is 262 g/mol. The van der Waals surface area contributed by atoms with Crippen LogP contribution in [0.3, 0.4) is 0 Å². The summed E-state index contributed by atoms with van der Waals surface area (Å²) in [6.07, 6.45) is 1.67. The normalized spacial score (nSPS) is 22.9. The molecule has 0 aliphatic carbocycles. The number of carboxylic acids is 1. The molecule has 0 spiro atoms. The molecule has 116 valence electrons. The number of likely N-dealkylation sites (tertiary alicyclic amines) is 1. The largest absolute Gasteiger partial charge is 0.480 e. The molecule has 6 nitrogen and oxygen atoms in total. The zero-order valence-electron chi connectivity index (χ0n) is 12.7. The highest BCUT2D eigenvalue weighted by Crippen LogP contribution is 2.28. The Morgan fingerprint density at radius 3 is 2.50 bits per heavy atom. The van der Waals surface area contributed by atoms with E-state index in [0.29, 0.717) is 19.6 Å². The Kier molecular flexibility index (Phi) is 5.80. The van der Waals surface area contributed by atoms with Gasteiger partial charge in [0.1, 0.15) is 11.6 Å². The summed E-state index contributed by atoms with van der Waals surface area (Å²) in [5.74, 6) is -0.774. The molecule has 1 heterocycles. The standard InChI is InChI=1S/C14H25NO5/c1-14(2,3)20-13(18)15-9-10(6-5-7-19-4)8-11(15)12(16)17/h10-11H,5-9H2,1-4H3,(H,16,17)/t10-,11-/m0/s1. The zero-order valence-corrected chi connectivity index (χ0v) is 12.7. The number of amides is 1. The topological polar surface area (TPSA) is 76.1 Å². The lowest BCUT2D eigenvalue weighted by Crippen LogP contribution is -2.43. The predicted molar refractivity (Wildman–Crippen MR) is 73.6 cm³/mol. The Labute approximate surface area is 120 Å². The Morgan fingerprint density at radius 1 is 1.35 bits per heavy atom. The van der Waals surface area contributed by atoms with E-state index in [2.05, 4.69) is 0 Å². The third-order valence-corrected chi connectivity index (χ3v) is 3.26. The van der Waals surface area contributed by atoms with Crippen molar-refractivity contribution in [3.63, 3.8) is 0 Å². The molecular formula is C14H25NO5. The van der Waals surface area contributed by atoms with Gasteiger partial charge in [-0.15, -0.1) is 0 Å². The number of carbonyl (C=O) groups excluding carboxylic acids is 1. The molecule has 1 amide bonds. The van der Waals surface area contributed by atoms with Crippen molar-refractivity contribution in [3.05, 3.63) is 0 Å². The summed E-state index contributed by atoms with van der Waals surface area (Å²) in [5.41, 5.74) is -0.617. The average Bonchev–Trinajstić information content (AvgIpc) is 2.71. The fraction of sp³-hybridized carbons (Fsp3) is 0.857. The highest BCUT2D eigenvalue weighted by Gasteiger charge is 2.41. The lowest BCUT2D eigenvalue weighted by molar-refractivity contribution is -0.142. The van der Waals surface area contributed by atoms with E-state index >= 15 is 0 Å². The van der Waals surface area contributed by atoms with Gasteiger partial charge in [0.05, 0.1) is 0 Å². The number of nitrogens with zero attached hydrogens (tertiary/aromatic N) is 1. The second kappa shape index (κ2) is 6.92. The van der Waals surface area contributed by atoms with Crippen molar-refractivity contribution in [3.8, 4) is 0 Å². The van der Waals surface area contributed by atoms with Crippen molar-refractivity contribution in [2.24, 2.45) is 5.92 Å². The van der Waals surface area contributed by atoms with E-state index in [1.54, 1.807) is 27.9 Å². The van der Waals surface area contributed by atoms with Crippen LogP contribution in [0.4, 0.5) is 4.79 Å². The molecule has 0 saturated carbocycles. The maximum Gasteiger partial charge on any atom is 0.411 e. The van der Waals surface area contributed by atoms with Crippen molar-refractivity contribution >= 4 is 12.1 Å². The molecule has 1 fully saturated rings. The Hall–Kier alpha value is -1.30. The Bertz CT molecular complexity index is 350. The van der Waals surface area contributed by atoms with Crippen molar-refractivity contribution in [1.29, 1.82) is 0 Å². The van der Waals surface area contributed by atoms with Gasteiger partial charge in [0.25, 0.3) is 0 Å². The summed E-state index contributed by atoms with van der Waals surface area (Å²) in [4.78, 5) is 24.7. The molecule has 1 aliphatic heterocycles. The van der Waals surface area contributed by atoms with Crippen LogP contribution in [0.2, 0.25) is 0 Å². The number of methoxy groups -OCH3 is 1. The van der Waals surface area contributed by atoms with Crippen LogP contribution in [0.1, 0.15) is 40.0 Å². The third kappa shape index (κ3) is 5.00. The SMILES string of the molecule is COCCC[C@H]1C[C@@H](C(=O)O)N(C(=O)OC(C)(C)C)C1. The van der Waals surface area contributed by atoms with Gasteiger partial charge in [0.2, 0.25) is 0 Å². The molecule has 20 heavy (non-hydrogen) atoms. The summed E-state index contributed by atoms with van der Waals surface area (Å²) in [7, 11) is 1.64. The van der Waals surface area contributed by atoms with E-state index < -0.39 is 23.7 Å². The number of aliphatic carboxylic acids is 1. The highest BCUT2D eigenvalue weighted by atomic mass is 16.6. The van der Waals surface area contributed by atoms with E-state index in [-0.39, 0.29) is 5.92 Å². The molecule has 1 rings (SSSR count). The number of rotatable bonds is 5. The molecule has 0 unspecified atom stereocenters. The number of hydrogen-bond acceptors (Lipinski definition) is 4. The first-order valence-corrected chi connectivity index (χ1v) is 6.96. The van der Waals surface area contributed by atoms with Crippen LogP contribution in [0.5, 0.6) is 0 Å². The summed E-state index contributed by atoms with van der Waals surface area (Å²) >= 11 is 0. The molecule has 0 bridgehead atoms. The average molecular weight is 287 g/mol. The molecule has 2 atom stereocenters. The van der Waals surface area contributed by atoms with Gasteiger partial charge in [-0.05, 0) is 46.0 Å². The quantitative estimate of drug-likeness (QED) is 0.784. The fourth-order valence-electron chi connectivity index (χ4n) is 2.40. The van der Waals surface area contributed by atoms with E-state index in [0.717, 1.165) is 12.8 Å². The van der Waals surface area contributed by atoms with Gasteiger partial charge >= 0.3 is 12.1 Å². The number of ether oxygens (including phenoxy) is 2. The van der Waals surface area contributed by atoms with Crippen molar-refractivity contribution in [1.82, 2.24) is 4.90 Å². The lowest BCUT2D eigenvalue weighted by atomic mass is 10.0. The molecule has 1 N–H and O–H groups in total. The van der Waals surface area contributed by atoms with Crippen molar-refractivity contribution in [2.75, 3.05) is 20.3 Å². The number of hydrogen-bond donors (Lipinski definition) is 1. The summed E-state index contributed by atoms with van der Waals surface area (Å²) in [5, 5.41) is 9.25. The molecule has 0 aromatic rings. The first-order valence-electron chi connectivity index (χ1n) is 6.96. The minimum atomic E-state index is -0.967. The fourth-order valence-corrected chi connectivity index (χ4v) is 2.40. The summed E-state index contributed by atoms with van der Waals surface area (Å²) < 4.78 is 10.3. The van der Waals surface area contributed by atoms with E-state index in [4.69, 9.17) is 9.47 Å². The smallest absolute Gasteiger partial charge is 0.411 e. The molecule has 6 heteroatoms. The second-order valence-electron chi connectivity index (χ2n) is 6.22. The van der Waals surface area contributed by atoms with Gasteiger partial charge in [-0.25, -0.2) is 9.59 Å². The monoisotopic (exact) mass is 287 g/mol. The van der Waals surface area contributed by atoms with Crippen LogP contribution in [0.25, 0.3) is 0 Å². The minimum absolute atomic E-state index is 0.193. The first kappa shape index (κ1) is 16.8. The molecule has 0 aromatic heterocycles. The zero-order chi connectivity index (χ0) is 15.3. The molecule has 1 saturated heterocycles.